The van der Waals surface area contributed by atoms with Gasteiger partial charge in [0, 0.05) is 38.4 Å². The topological polar surface area (TPSA) is 52.7 Å². The highest BCUT2D eigenvalue weighted by atomic mass is 16.2. The Morgan fingerprint density at radius 1 is 1.03 bits per heavy atom. The summed E-state index contributed by atoms with van der Waals surface area (Å²) in [5, 5.41) is 3.26. The Bertz CT molecular complexity index is 844. The van der Waals surface area contributed by atoms with Crippen molar-refractivity contribution < 1.29 is 9.59 Å². The molecule has 5 nitrogen and oxygen atoms in total. The van der Waals surface area contributed by atoms with Gasteiger partial charge in [0.25, 0.3) is 5.91 Å². The molecule has 1 fully saturated rings. The minimum Gasteiger partial charge on any atom is -0.371 e. The summed E-state index contributed by atoms with van der Waals surface area (Å²) in [6, 6.07) is 18.0. The van der Waals surface area contributed by atoms with Gasteiger partial charge in [0.2, 0.25) is 5.91 Å². The Kier molecular flexibility index (Phi) is 7.50. The lowest BCUT2D eigenvalue weighted by molar-refractivity contribution is -0.123. The van der Waals surface area contributed by atoms with Crippen LogP contribution in [0.2, 0.25) is 0 Å². The molecule has 1 heterocycles. The minimum absolute atomic E-state index is 0.0529. The van der Waals surface area contributed by atoms with Crippen molar-refractivity contribution in [3.05, 3.63) is 65.7 Å². The van der Waals surface area contributed by atoms with Crippen LogP contribution in [0.3, 0.4) is 0 Å². The molecule has 1 atom stereocenters. The third-order valence-electron chi connectivity index (χ3n) is 6.06. The van der Waals surface area contributed by atoms with E-state index in [9.17, 15) is 9.59 Å². The summed E-state index contributed by atoms with van der Waals surface area (Å²) in [5.41, 5.74) is 2.81. The number of benzene rings is 2. The zero-order valence-corrected chi connectivity index (χ0v) is 18.3. The molecule has 1 aliphatic heterocycles. The van der Waals surface area contributed by atoms with Gasteiger partial charge in [0.1, 0.15) is 0 Å². The molecular formula is C25H33N3O2. The standard InChI is InChI=1S/C25H33N3O2/c1-4-21(19-11-7-6-8-12-19)24(29)26-20-15-17-28(18-16-20)23-14-10-9-13-22(23)25(30)27(3)5-2/h6-14,20-21H,4-5,15-18H2,1-3H3,(H,26,29). The van der Waals surface area contributed by atoms with E-state index in [0.717, 1.165) is 49.2 Å². The number of anilines is 1. The van der Waals surface area contributed by atoms with Gasteiger partial charge < -0.3 is 15.1 Å². The van der Waals surface area contributed by atoms with Gasteiger partial charge in [-0.1, -0.05) is 49.4 Å². The predicted octanol–water partition coefficient (Wildman–Crippen LogP) is 4.06. The molecule has 0 aromatic heterocycles. The van der Waals surface area contributed by atoms with Crippen LogP contribution in [0.1, 0.15) is 54.9 Å². The second-order valence-corrected chi connectivity index (χ2v) is 7.98. The van der Waals surface area contributed by atoms with Crippen LogP contribution < -0.4 is 10.2 Å². The Labute approximate surface area is 180 Å². The highest BCUT2D eigenvalue weighted by molar-refractivity contribution is 5.99. The van der Waals surface area contributed by atoms with Crippen molar-refractivity contribution in [2.75, 3.05) is 31.6 Å². The number of piperidine rings is 1. The monoisotopic (exact) mass is 407 g/mol. The summed E-state index contributed by atoms with van der Waals surface area (Å²) in [6.07, 6.45) is 2.54. The van der Waals surface area contributed by atoms with E-state index >= 15 is 0 Å². The zero-order chi connectivity index (χ0) is 21.5. The highest BCUT2D eigenvalue weighted by Gasteiger charge is 2.26. The highest BCUT2D eigenvalue weighted by Crippen LogP contribution is 2.26. The van der Waals surface area contributed by atoms with Crippen molar-refractivity contribution >= 4 is 17.5 Å². The summed E-state index contributed by atoms with van der Waals surface area (Å²) < 4.78 is 0. The van der Waals surface area contributed by atoms with E-state index < -0.39 is 0 Å². The molecule has 30 heavy (non-hydrogen) atoms. The van der Waals surface area contributed by atoms with Gasteiger partial charge in [0.15, 0.2) is 0 Å². The van der Waals surface area contributed by atoms with Crippen LogP contribution in [0.4, 0.5) is 5.69 Å². The van der Waals surface area contributed by atoms with E-state index in [2.05, 4.69) is 17.1 Å². The van der Waals surface area contributed by atoms with E-state index in [1.54, 1.807) is 4.90 Å². The molecule has 1 unspecified atom stereocenters. The number of para-hydroxylation sites is 1. The number of nitrogens with one attached hydrogen (secondary N) is 1. The van der Waals surface area contributed by atoms with Crippen molar-refractivity contribution in [1.29, 1.82) is 0 Å². The van der Waals surface area contributed by atoms with Crippen molar-refractivity contribution in [2.45, 2.75) is 45.1 Å². The van der Waals surface area contributed by atoms with Crippen LogP contribution in [-0.2, 0) is 4.79 Å². The molecule has 1 saturated heterocycles. The van der Waals surface area contributed by atoms with E-state index in [0.29, 0.717) is 6.54 Å². The molecule has 0 radical (unpaired) electrons. The quantitative estimate of drug-likeness (QED) is 0.753. The molecule has 1 aliphatic rings. The van der Waals surface area contributed by atoms with E-state index in [1.807, 2.05) is 68.6 Å². The number of rotatable bonds is 7. The fourth-order valence-corrected chi connectivity index (χ4v) is 4.10. The Hall–Kier alpha value is -2.82. The van der Waals surface area contributed by atoms with Gasteiger partial charge in [0.05, 0.1) is 11.5 Å². The lowest BCUT2D eigenvalue weighted by atomic mass is 9.94. The number of carbonyl (C=O) groups excluding carboxylic acids is 2. The van der Waals surface area contributed by atoms with E-state index in [-0.39, 0.29) is 23.8 Å². The molecule has 160 valence electrons. The van der Waals surface area contributed by atoms with Crippen molar-refractivity contribution in [3.63, 3.8) is 0 Å². The fraction of sp³-hybridized carbons (Fsp3) is 0.440. The maximum absolute atomic E-state index is 12.9. The molecule has 5 heteroatoms. The lowest BCUT2D eigenvalue weighted by Crippen LogP contribution is -2.46. The van der Waals surface area contributed by atoms with Crippen molar-refractivity contribution in [2.24, 2.45) is 0 Å². The number of carbonyl (C=O) groups is 2. The number of hydrogen-bond donors (Lipinski definition) is 1. The van der Waals surface area contributed by atoms with Crippen LogP contribution in [0.5, 0.6) is 0 Å². The Morgan fingerprint density at radius 3 is 2.30 bits per heavy atom. The summed E-state index contributed by atoms with van der Waals surface area (Å²) in [5.74, 6) is 0.0617. The van der Waals surface area contributed by atoms with Crippen LogP contribution in [0.25, 0.3) is 0 Å². The third kappa shape index (κ3) is 5.02. The van der Waals surface area contributed by atoms with Gasteiger partial charge in [-0.2, -0.15) is 0 Å². The molecule has 2 amide bonds. The van der Waals surface area contributed by atoms with Crippen LogP contribution in [0, 0.1) is 0 Å². The second kappa shape index (κ2) is 10.3. The number of amides is 2. The number of nitrogens with zero attached hydrogens (tertiary/aromatic N) is 2. The predicted molar refractivity (Wildman–Crippen MR) is 122 cm³/mol. The molecule has 0 saturated carbocycles. The van der Waals surface area contributed by atoms with E-state index in [4.69, 9.17) is 0 Å². The first kappa shape index (κ1) is 21.9. The normalized spacial score (nSPS) is 15.5. The lowest BCUT2D eigenvalue weighted by Gasteiger charge is -2.35. The minimum atomic E-state index is -0.104. The summed E-state index contributed by atoms with van der Waals surface area (Å²) >= 11 is 0. The molecule has 0 spiro atoms. The molecule has 2 aromatic rings. The first-order chi connectivity index (χ1) is 14.5. The van der Waals surface area contributed by atoms with Crippen molar-refractivity contribution in [3.8, 4) is 0 Å². The Morgan fingerprint density at radius 2 is 1.67 bits per heavy atom. The molecule has 0 bridgehead atoms. The van der Waals surface area contributed by atoms with Gasteiger partial charge in [-0.25, -0.2) is 0 Å². The van der Waals surface area contributed by atoms with Crippen molar-refractivity contribution in [1.82, 2.24) is 10.2 Å². The van der Waals surface area contributed by atoms with Gasteiger partial charge in [-0.05, 0) is 43.9 Å². The molecule has 3 rings (SSSR count). The smallest absolute Gasteiger partial charge is 0.255 e. The van der Waals surface area contributed by atoms with Gasteiger partial charge in [-0.15, -0.1) is 0 Å². The molecule has 1 N–H and O–H groups in total. The average Bonchev–Trinajstić information content (AvgIpc) is 2.80. The first-order valence-corrected chi connectivity index (χ1v) is 11.0. The summed E-state index contributed by atoms with van der Waals surface area (Å²) in [6.45, 7) is 6.37. The molecule has 2 aromatic carbocycles. The van der Waals surface area contributed by atoms with E-state index in [1.165, 1.54) is 0 Å². The van der Waals surface area contributed by atoms with Crippen LogP contribution >= 0.6 is 0 Å². The van der Waals surface area contributed by atoms with Crippen LogP contribution in [-0.4, -0.2) is 49.4 Å². The third-order valence-corrected chi connectivity index (χ3v) is 6.06. The Balaban J connectivity index is 1.62. The maximum atomic E-state index is 12.9. The zero-order valence-electron chi connectivity index (χ0n) is 18.3. The number of hydrogen-bond acceptors (Lipinski definition) is 3. The maximum Gasteiger partial charge on any atom is 0.255 e. The molecule has 0 aliphatic carbocycles. The summed E-state index contributed by atoms with van der Waals surface area (Å²) in [7, 11) is 1.83. The average molecular weight is 408 g/mol. The summed E-state index contributed by atoms with van der Waals surface area (Å²) in [4.78, 5) is 29.6. The molecular weight excluding hydrogens is 374 g/mol. The largest absolute Gasteiger partial charge is 0.371 e. The first-order valence-electron chi connectivity index (χ1n) is 11.0. The van der Waals surface area contributed by atoms with Gasteiger partial charge >= 0.3 is 0 Å². The van der Waals surface area contributed by atoms with Crippen LogP contribution in [0.15, 0.2) is 54.6 Å². The second-order valence-electron chi connectivity index (χ2n) is 7.98. The fourth-order valence-electron chi connectivity index (χ4n) is 4.10. The SMILES string of the molecule is CCC(C(=O)NC1CCN(c2ccccc2C(=O)N(C)CC)CC1)c1ccccc1. The van der Waals surface area contributed by atoms with Gasteiger partial charge in [-0.3, -0.25) is 9.59 Å².